The van der Waals surface area contributed by atoms with Crippen LogP contribution in [-0.2, 0) is 4.79 Å². The Morgan fingerprint density at radius 1 is 1.50 bits per heavy atom. The van der Waals surface area contributed by atoms with Gasteiger partial charge in [0.25, 0.3) is 0 Å². The Hall–Kier alpha value is -1.86. The van der Waals surface area contributed by atoms with Crippen molar-refractivity contribution >= 4 is 5.91 Å². The highest BCUT2D eigenvalue weighted by molar-refractivity contribution is 5.73. The maximum Gasteiger partial charge on any atom is 0.217 e. The van der Waals surface area contributed by atoms with Crippen molar-refractivity contribution in [1.29, 1.82) is 5.26 Å². The third-order valence-electron chi connectivity index (χ3n) is 2.58. The molecule has 0 bridgehead atoms. The van der Waals surface area contributed by atoms with Crippen molar-refractivity contribution in [3.05, 3.63) is 35.4 Å². The summed E-state index contributed by atoms with van der Waals surface area (Å²) < 4.78 is 0. The van der Waals surface area contributed by atoms with Gasteiger partial charge in [0.15, 0.2) is 0 Å². The minimum Gasteiger partial charge on any atom is -0.353 e. The first kappa shape index (κ1) is 14.2. The molecule has 2 atom stereocenters. The fourth-order valence-electron chi connectivity index (χ4n) is 1.78. The molecule has 0 aliphatic rings. The van der Waals surface area contributed by atoms with Crippen LogP contribution in [0.5, 0.6) is 0 Å². The zero-order valence-electron chi connectivity index (χ0n) is 11.0. The molecule has 0 aliphatic heterocycles. The quantitative estimate of drug-likeness (QED) is 0.829. The monoisotopic (exact) mass is 245 g/mol. The smallest absolute Gasteiger partial charge is 0.217 e. The Morgan fingerprint density at radius 3 is 2.78 bits per heavy atom. The highest BCUT2D eigenvalue weighted by atomic mass is 16.1. The van der Waals surface area contributed by atoms with Crippen LogP contribution >= 0.6 is 0 Å². The van der Waals surface area contributed by atoms with Gasteiger partial charge in [-0.05, 0) is 19.4 Å². The first-order chi connectivity index (χ1) is 8.52. The van der Waals surface area contributed by atoms with Crippen LogP contribution in [0.3, 0.4) is 0 Å². The molecule has 1 aromatic carbocycles. The highest BCUT2D eigenvalue weighted by Gasteiger charge is 2.11. The molecule has 0 saturated carbocycles. The maximum absolute atomic E-state index is 10.9. The molecule has 0 fully saturated rings. The molecule has 0 spiro atoms. The van der Waals surface area contributed by atoms with Crippen LogP contribution in [0, 0.1) is 18.3 Å². The van der Waals surface area contributed by atoms with E-state index in [1.54, 1.807) is 0 Å². The summed E-state index contributed by atoms with van der Waals surface area (Å²) in [7, 11) is 0. The van der Waals surface area contributed by atoms with Crippen molar-refractivity contribution in [2.24, 2.45) is 0 Å². The van der Waals surface area contributed by atoms with E-state index in [-0.39, 0.29) is 18.0 Å². The summed E-state index contributed by atoms with van der Waals surface area (Å²) >= 11 is 0. The Balaban J connectivity index is 2.58. The van der Waals surface area contributed by atoms with Gasteiger partial charge in [-0.3, -0.25) is 10.1 Å². The summed E-state index contributed by atoms with van der Waals surface area (Å²) in [4.78, 5) is 10.9. The molecule has 1 amide bonds. The normalized spacial score (nSPS) is 13.4. The summed E-state index contributed by atoms with van der Waals surface area (Å²) in [6.07, 6.45) is 0. The Bertz CT molecular complexity index is 451. The van der Waals surface area contributed by atoms with Gasteiger partial charge in [-0.1, -0.05) is 29.8 Å². The van der Waals surface area contributed by atoms with Gasteiger partial charge in [0.2, 0.25) is 5.91 Å². The molecule has 0 aromatic heterocycles. The van der Waals surface area contributed by atoms with E-state index in [1.165, 1.54) is 6.92 Å². The minimum absolute atomic E-state index is 0.00293. The van der Waals surface area contributed by atoms with Gasteiger partial charge in [-0.15, -0.1) is 0 Å². The number of amides is 1. The van der Waals surface area contributed by atoms with E-state index in [9.17, 15) is 4.79 Å². The van der Waals surface area contributed by atoms with Crippen LogP contribution in [0.2, 0.25) is 0 Å². The molecule has 1 rings (SSSR count). The molecule has 0 saturated heterocycles. The number of carbonyl (C=O) groups is 1. The van der Waals surface area contributed by atoms with Crippen LogP contribution in [0.15, 0.2) is 24.3 Å². The zero-order valence-corrected chi connectivity index (χ0v) is 11.0. The molecular weight excluding hydrogens is 226 g/mol. The largest absolute Gasteiger partial charge is 0.353 e. The lowest BCUT2D eigenvalue weighted by Gasteiger charge is -2.17. The van der Waals surface area contributed by atoms with Gasteiger partial charge in [0, 0.05) is 19.5 Å². The van der Waals surface area contributed by atoms with Crippen molar-refractivity contribution in [3.63, 3.8) is 0 Å². The summed E-state index contributed by atoms with van der Waals surface area (Å²) in [5.74, 6) is -0.0617. The lowest BCUT2D eigenvalue weighted by atomic mass is 10.1. The summed E-state index contributed by atoms with van der Waals surface area (Å²) in [5.41, 5.74) is 2.08. The Morgan fingerprint density at radius 2 is 2.22 bits per heavy atom. The molecule has 2 unspecified atom stereocenters. The standard InChI is InChI=1S/C14H19N3O/c1-10-5-4-6-13(7-10)14(8-15)16-9-11(2)17-12(3)18/h4-7,11,14,16H,9H2,1-3H3,(H,17,18). The van der Waals surface area contributed by atoms with Gasteiger partial charge in [-0.25, -0.2) is 0 Å². The summed E-state index contributed by atoms with van der Waals surface area (Å²) in [5, 5.41) is 15.1. The predicted molar refractivity (Wildman–Crippen MR) is 70.8 cm³/mol. The summed E-state index contributed by atoms with van der Waals surface area (Å²) in [6, 6.07) is 9.74. The second-order valence-corrected chi connectivity index (χ2v) is 4.49. The predicted octanol–water partition coefficient (Wildman–Crippen LogP) is 1.67. The average molecular weight is 245 g/mol. The number of rotatable bonds is 5. The van der Waals surface area contributed by atoms with E-state index in [4.69, 9.17) is 5.26 Å². The van der Waals surface area contributed by atoms with Gasteiger partial charge >= 0.3 is 0 Å². The van der Waals surface area contributed by atoms with Crippen LogP contribution in [0.4, 0.5) is 0 Å². The lowest BCUT2D eigenvalue weighted by Crippen LogP contribution is -2.39. The minimum atomic E-state index is -0.346. The van der Waals surface area contributed by atoms with Crippen molar-refractivity contribution in [3.8, 4) is 6.07 Å². The molecule has 0 heterocycles. The van der Waals surface area contributed by atoms with Crippen molar-refractivity contribution in [2.45, 2.75) is 32.9 Å². The van der Waals surface area contributed by atoms with Crippen molar-refractivity contribution < 1.29 is 4.79 Å². The number of benzene rings is 1. The number of carbonyl (C=O) groups excluding carboxylic acids is 1. The molecule has 4 nitrogen and oxygen atoms in total. The third-order valence-corrected chi connectivity index (χ3v) is 2.58. The Labute approximate surface area is 108 Å². The molecule has 0 aliphatic carbocycles. The zero-order chi connectivity index (χ0) is 13.5. The van der Waals surface area contributed by atoms with E-state index in [0.29, 0.717) is 6.54 Å². The fraction of sp³-hybridized carbons (Fsp3) is 0.429. The van der Waals surface area contributed by atoms with E-state index in [0.717, 1.165) is 11.1 Å². The van der Waals surface area contributed by atoms with E-state index in [1.807, 2.05) is 38.1 Å². The van der Waals surface area contributed by atoms with Crippen LogP contribution in [0.1, 0.15) is 31.0 Å². The third kappa shape index (κ3) is 4.56. The lowest BCUT2D eigenvalue weighted by molar-refractivity contribution is -0.119. The fourth-order valence-corrected chi connectivity index (χ4v) is 1.78. The van der Waals surface area contributed by atoms with Gasteiger partial charge in [0.05, 0.1) is 6.07 Å². The topological polar surface area (TPSA) is 64.9 Å². The van der Waals surface area contributed by atoms with E-state index in [2.05, 4.69) is 16.7 Å². The van der Waals surface area contributed by atoms with Crippen LogP contribution in [0.25, 0.3) is 0 Å². The summed E-state index contributed by atoms with van der Waals surface area (Å²) in [6.45, 7) is 5.95. The second kappa shape index (κ2) is 6.77. The van der Waals surface area contributed by atoms with Crippen LogP contribution in [-0.4, -0.2) is 18.5 Å². The molecule has 2 N–H and O–H groups in total. The number of nitrogens with one attached hydrogen (secondary N) is 2. The van der Waals surface area contributed by atoms with E-state index < -0.39 is 0 Å². The van der Waals surface area contributed by atoms with Gasteiger partial charge in [-0.2, -0.15) is 5.26 Å². The second-order valence-electron chi connectivity index (χ2n) is 4.49. The first-order valence-electron chi connectivity index (χ1n) is 5.99. The van der Waals surface area contributed by atoms with Gasteiger partial charge < -0.3 is 5.32 Å². The number of hydrogen-bond acceptors (Lipinski definition) is 3. The average Bonchev–Trinajstić information content (AvgIpc) is 2.29. The number of nitriles is 1. The molecule has 18 heavy (non-hydrogen) atoms. The maximum atomic E-state index is 10.9. The molecule has 4 heteroatoms. The molecule has 96 valence electrons. The van der Waals surface area contributed by atoms with Crippen LogP contribution < -0.4 is 10.6 Å². The number of hydrogen-bond donors (Lipinski definition) is 2. The Kier molecular flexibility index (Phi) is 5.34. The van der Waals surface area contributed by atoms with Gasteiger partial charge in [0.1, 0.15) is 6.04 Å². The molecular formula is C14H19N3O. The first-order valence-corrected chi connectivity index (χ1v) is 5.99. The van der Waals surface area contributed by atoms with E-state index >= 15 is 0 Å². The highest BCUT2D eigenvalue weighted by Crippen LogP contribution is 2.13. The number of aryl methyl sites for hydroxylation is 1. The van der Waals surface area contributed by atoms with Crippen molar-refractivity contribution in [1.82, 2.24) is 10.6 Å². The van der Waals surface area contributed by atoms with Crippen molar-refractivity contribution in [2.75, 3.05) is 6.54 Å². The molecule has 1 aromatic rings. The number of nitrogens with zero attached hydrogens (tertiary/aromatic N) is 1. The molecule has 0 radical (unpaired) electrons. The SMILES string of the molecule is CC(=O)NC(C)CNC(C#N)c1cccc(C)c1.